The summed E-state index contributed by atoms with van der Waals surface area (Å²) >= 11 is 0. The highest BCUT2D eigenvalue weighted by atomic mass is 16.2. The quantitative estimate of drug-likeness (QED) is 0.493. The van der Waals surface area contributed by atoms with Gasteiger partial charge in [0.05, 0.1) is 0 Å². The van der Waals surface area contributed by atoms with Gasteiger partial charge in [0.15, 0.2) is 0 Å². The highest BCUT2D eigenvalue weighted by Crippen LogP contribution is 2.20. The molecule has 1 fully saturated rings. The normalized spacial score (nSPS) is 24.8. The fourth-order valence-electron chi connectivity index (χ4n) is 1.03. The maximum absolute atomic E-state index is 11.0. The predicted octanol–water partition coefficient (Wildman–Crippen LogP) is 0.241. The van der Waals surface area contributed by atoms with Crippen molar-refractivity contribution in [3.05, 3.63) is 0 Å². The van der Waals surface area contributed by atoms with Gasteiger partial charge in [-0.1, -0.05) is 20.8 Å². The summed E-state index contributed by atoms with van der Waals surface area (Å²) in [5.41, 5.74) is -0.212. The lowest BCUT2D eigenvalue weighted by Gasteiger charge is -2.23. The van der Waals surface area contributed by atoms with Crippen LogP contribution in [0, 0.1) is 5.41 Å². The molecule has 0 saturated carbocycles. The second-order valence-electron chi connectivity index (χ2n) is 3.76. The Hall–Kier alpha value is -1.06. The van der Waals surface area contributed by atoms with Gasteiger partial charge in [-0.15, -0.1) is 0 Å². The van der Waals surface area contributed by atoms with Crippen LogP contribution < -0.4 is 10.6 Å². The average Bonchev–Trinajstić information content (AvgIpc) is 2.08. The molecule has 0 spiro atoms. The monoisotopic (exact) mass is 156 g/mol. The van der Waals surface area contributed by atoms with E-state index in [1.54, 1.807) is 0 Å². The summed E-state index contributed by atoms with van der Waals surface area (Å²) in [7, 11) is 0. The Morgan fingerprint density at radius 3 is 2.00 bits per heavy atom. The maximum Gasteiger partial charge on any atom is 0.322 e. The Balaban J connectivity index is 2.76. The van der Waals surface area contributed by atoms with Gasteiger partial charge in [0, 0.05) is 0 Å². The molecule has 4 nitrogen and oxygen atoms in total. The molecule has 1 unspecified atom stereocenters. The van der Waals surface area contributed by atoms with Gasteiger partial charge in [-0.3, -0.25) is 10.1 Å². The zero-order valence-electron chi connectivity index (χ0n) is 6.89. The maximum atomic E-state index is 11.0. The van der Waals surface area contributed by atoms with Gasteiger partial charge < -0.3 is 5.32 Å². The third-order valence-electron chi connectivity index (χ3n) is 1.64. The van der Waals surface area contributed by atoms with Gasteiger partial charge in [0.2, 0.25) is 0 Å². The number of amides is 3. The lowest BCUT2D eigenvalue weighted by molar-refractivity contribution is -0.122. The highest BCUT2D eigenvalue weighted by Gasteiger charge is 2.38. The summed E-state index contributed by atoms with van der Waals surface area (Å²) in [6, 6.07) is -0.787. The van der Waals surface area contributed by atoms with Crippen molar-refractivity contribution < 1.29 is 9.59 Å². The zero-order valence-corrected chi connectivity index (χ0v) is 6.89. The van der Waals surface area contributed by atoms with Crippen LogP contribution in [0.5, 0.6) is 0 Å². The third-order valence-corrected chi connectivity index (χ3v) is 1.64. The SMILES string of the molecule is CC(C)(C)C1NC(=O)NC1=O. The number of urea groups is 1. The van der Waals surface area contributed by atoms with Crippen LogP contribution in [0.15, 0.2) is 0 Å². The van der Waals surface area contributed by atoms with E-state index >= 15 is 0 Å². The molecule has 1 heterocycles. The van der Waals surface area contributed by atoms with Gasteiger partial charge in [-0.05, 0) is 5.41 Å². The molecular weight excluding hydrogens is 144 g/mol. The summed E-state index contributed by atoms with van der Waals surface area (Å²) in [5.74, 6) is -0.234. The van der Waals surface area contributed by atoms with Gasteiger partial charge in [-0.25, -0.2) is 4.79 Å². The van der Waals surface area contributed by atoms with Crippen molar-refractivity contribution in [3.63, 3.8) is 0 Å². The van der Waals surface area contributed by atoms with Crippen molar-refractivity contribution in [2.75, 3.05) is 0 Å². The number of hydrogen-bond acceptors (Lipinski definition) is 2. The third kappa shape index (κ3) is 1.50. The molecule has 0 radical (unpaired) electrons. The van der Waals surface area contributed by atoms with Crippen LogP contribution in [0.1, 0.15) is 20.8 Å². The second kappa shape index (κ2) is 2.22. The van der Waals surface area contributed by atoms with Crippen LogP contribution in [0.3, 0.4) is 0 Å². The molecule has 0 aliphatic carbocycles. The minimum absolute atomic E-state index is 0.212. The Kier molecular flexibility index (Phi) is 1.62. The van der Waals surface area contributed by atoms with Crippen molar-refractivity contribution in [3.8, 4) is 0 Å². The molecule has 0 aromatic rings. The first-order chi connectivity index (χ1) is 4.91. The van der Waals surface area contributed by atoms with E-state index in [2.05, 4.69) is 10.6 Å². The van der Waals surface area contributed by atoms with Crippen LogP contribution in [0.2, 0.25) is 0 Å². The molecule has 1 aliphatic heterocycles. The van der Waals surface area contributed by atoms with E-state index in [-0.39, 0.29) is 11.3 Å². The van der Waals surface area contributed by atoms with Gasteiger partial charge >= 0.3 is 6.03 Å². The summed E-state index contributed by atoms with van der Waals surface area (Å²) in [5, 5.41) is 4.73. The molecule has 0 bridgehead atoms. The summed E-state index contributed by atoms with van der Waals surface area (Å²) in [6.07, 6.45) is 0. The molecule has 1 rings (SSSR count). The average molecular weight is 156 g/mol. The summed E-state index contributed by atoms with van der Waals surface area (Å²) in [4.78, 5) is 21.7. The number of rotatable bonds is 0. The molecule has 62 valence electrons. The number of imide groups is 1. The Labute approximate surface area is 65.3 Å². The fourth-order valence-corrected chi connectivity index (χ4v) is 1.03. The molecular formula is C7H12N2O2. The molecule has 1 atom stereocenters. The first-order valence-electron chi connectivity index (χ1n) is 3.52. The van der Waals surface area contributed by atoms with Crippen molar-refractivity contribution in [1.82, 2.24) is 10.6 Å². The van der Waals surface area contributed by atoms with Gasteiger partial charge in [0.25, 0.3) is 5.91 Å². The van der Waals surface area contributed by atoms with E-state index in [9.17, 15) is 9.59 Å². The first-order valence-corrected chi connectivity index (χ1v) is 3.52. The van der Waals surface area contributed by atoms with E-state index in [0.29, 0.717) is 0 Å². The van der Waals surface area contributed by atoms with Crippen molar-refractivity contribution >= 4 is 11.9 Å². The Bertz CT molecular complexity index is 205. The number of nitrogens with one attached hydrogen (secondary N) is 2. The Morgan fingerprint density at radius 1 is 1.27 bits per heavy atom. The molecule has 0 aromatic heterocycles. The van der Waals surface area contributed by atoms with E-state index in [1.807, 2.05) is 20.8 Å². The molecule has 1 saturated heterocycles. The lowest BCUT2D eigenvalue weighted by Crippen LogP contribution is -2.41. The van der Waals surface area contributed by atoms with Crippen LogP contribution in [0.25, 0.3) is 0 Å². The highest BCUT2D eigenvalue weighted by molar-refractivity contribution is 6.04. The van der Waals surface area contributed by atoms with Crippen LogP contribution in [0.4, 0.5) is 4.79 Å². The largest absolute Gasteiger partial charge is 0.325 e. The number of carbonyl (C=O) groups excluding carboxylic acids is 2. The first kappa shape index (κ1) is 8.04. The van der Waals surface area contributed by atoms with Crippen LogP contribution in [-0.2, 0) is 4.79 Å². The summed E-state index contributed by atoms with van der Waals surface area (Å²) < 4.78 is 0. The van der Waals surface area contributed by atoms with Crippen LogP contribution >= 0.6 is 0 Å². The number of carbonyl (C=O) groups is 2. The predicted molar refractivity (Wildman–Crippen MR) is 39.9 cm³/mol. The molecule has 11 heavy (non-hydrogen) atoms. The molecule has 4 heteroatoms. The van der Waals surface area contributed by atoms with Gasteiger partial charge in [-0.2, -0.15) is 0 Å². The minimum atomic E-state index is -0.394. The van der Waals surface area contributed by atoms with E-state index in [4.69, 9.17) is 0 Å². The smallest absolute Gasteiger partial charge is 0.322 e. The summed E-state index contributed by atoms with van der Waals surface area (Å²) in [6.45, 7) is 5.72. The van der Waals surface area contributed by atoms with Gasteiger partial charge in [0.1, 0.15) is 6.04 Å². The molecule has 3 amide bonds. The van der Waals surface area contributed by atoms with E-state index < -0.39 is 12.1 Å². The topological polar surface area (TPSA) is 58.2 Å². The lowest BCUT2D eigenvalue weighted by atomic mass is 9.87. The number of hydrogen-bond donors (Lipinski definition) is 2. The Morgan fingerprint density at radius 2 is 1.82 bits per heavy atom. The van der Waals surface area contributed by atoms with E-state index in [0.717, 1.165) is 0 Å². The minimum Gasteiger partial charge on any atom is -0.325 e. The molecule has 1 aliphatic rings. The second-order valence-corrected chi connectivity index (χ2v) is 3.76. The van der Waals surface area contributed by atoms with Crippen molar-refractivity contribution in [1.29, 1.82) is 0 Å². The van der Waals surface area contributed by atoms with Crippen molar-refractivity contribution in [2.45, 2.75) is 26.8 Å². The molecule has 0 aromatic carbocycles. The molecule has 2 N–H and O–H groups in total. The van der Waals surface area contributed by atoms with E-state index in [1.165, 1.54) is 0 Å². The standard InChI is InChI=1S/C7H12N2O2/c1-7(2,3)4-5(10)9-6(11)8-4/h4H,1-3H3,(H2,8,9,10,11). The van der Waals surface area contributed by atoms with Crippen LogP contribution in [-0.4, -0.2) is 18.0 Å². The van der Waals surface area contributed by atoms with Crippen molar-refractivity contribution in [2.24, 2.45) is 5.41 Å². The zero-order chi connectivity index (χ0) is 8.65. The fraction of sp³-hybridized carbons (Fsp3) is 0.714.